The van der Waals surface area contributed by atoms with Gasteiger partial charge in [-0.05, 0) is 60.0 Å². The number of methoxy groups -OCH3 is 1. The summed E-state index contributed by atoms with van der Waals surface area (Å²) in [5.74, 6) is -2.78. The van der Waals surface area contributed by atoms with Crippen LogP contribution in [0.4, 0.5) is 4.79 Å². The Kier molecular flexibility index (Phi) is 8.33. The van der Waals surface area contributed by atoms with Crippen molar-refractivity contribution in [2.45, 2.75) is 91.0 Å². The van der Waals surface area contributed by atoms with E-state index in [2.05, 4.69) is 10.6 Å². The van der Waals surface area contributed by atoms with Crippen molar-refractivity contribution in [3.8, 4) is 0 Å². The molecule has 2 rings (SSSR count). The predicted octanol–water partition coefficient (Wildman–Crippen LogP) is 1.88. The molecule has 2 bridgehead atoms. The molecule has 1 fully saturated rings. The number of hydrogen-bond donors (Lipinski definition) is 2. The SMILES string of the molecule is COC(=O)[C@H]1NC(=O)[C@@H](NC(=O)OC(C)(C)C)CC(=O)OC2=C(C)CC[C@](C)(C2)C(=O)O[C@@H]1C. The number of nitrogens with one attached hydrogen (secondary N) is 2. The molecule has 34 heavy (non-hydrogen) atoms. The standard InChI is InChI=1S/C23H34N2O9/c1-12-8-9-23(6)11-15(12)33-16(26)10-14(24-21(30)34-22(3,4)5)18(27)25-17(19(28)31-7)13(2)32-20(23)29/h13-14,17H,8-11H2,1-7H3,(H,24,30)(H,25,27)/t13-,14+,17+,23-/m1/s1. The first-order valence-electron chi connectivity index (χ1n) is 11.1. The number of carbonyl (C=O) groups excluding carboxylic acids is 5. The van der Waals surface area contributed by atoms with Crippen molar-refractivity contribution in [1.82, 2.24) is 10.6 Å². The van der Waals surface area contributed by atoms with Crippen LogP contribution in [0.3, 0.4) is 0 Å². The smallest absolute Gasteiger partial charge is 0.408 e. The molecule has 4 atom stereocenters. The summed E-state index contributed by atoms with van der Waals surface area (Å²) in [6.45, 7) is 9.87. The van der Waals surface area contributed by atoms with E-state index < -0.39 is 65.5 Å². The Morgan fingerprint density at radius 1 is 1.21 bits per heavy atom. The molecule has 2 aliphatic rings. The molecular weight excluding hydrogens is 448 g/mol. The van der Waals surface area contributed by atoms with Crippen molar-refractivity contribution in [3.63, 3.8) is 0 Å². The zero-order chi connectivity index (χ0) is 25.8. The highest BCUT2D eigenvalue weighted by molar-refractivity contribution is 5.93. The van der Waals surface area contributed by atoms with Gasteiger partial charge in [-0.1, -0.05) is 0 Å². The number of alkyl carbamates (subject to hydrolysis) is 1. The van der Waals surface area contributed by atoms with E-state index in [0.29, 0.717) is 18.6 Å². The molecule has 0 aromatic heterocycles. The zero-order valence-corrected chi connectivity index (χ0v) is 20.7. The molecule has 1 aliphatic heterocycles. The highest BCUT2D eigenvalue weighted by Crippen LogP contribution is 2.41. The van der Waals surface area contributed by atoms with E-state index in [1.165, 1.54) is 6.92 Å². The summed E-state index contributed by atoms with van der Waals surface area (Å²) in [4.78, 5) is 63.5. The van der Waals surface area contributed by atoms with Gasteiger partial charge in [-0.25, -0.2) is 9.59 Å². The molecule has 1 aliphatic carbocycles. The average Bonchev–Trinajstić information content (AvgIpc) is 2.71. The summed E-state index contributed by atoms with van der Waals surface area (Å²) in [7, 11) is 1.13. The van der Waals surface area contributed by atoms with E-state index in [1.807, 2.05) is 0 Å². The maximum Gasteiger partial charge on any atom is 0.408 e. The second-order valence-corrected chi connectivity index (χ2v) is 9.94. The lowest BCUT2D eigenvalue weighted by Crippen LogP contribution is -2.56. The van der Waals surface area contributed by atoms with Crippen molar-refractivity contribution < 1.29 is 42.9 Å². The van der Waals surface area contributed by atoms with Gasteiger partial charge >= 0.3 is 24.0 Å². The third kappa shape index (κ3) is 6.94. The molecule has 2 N–H and O–H groups in total. The Morgan fingerprint density at radius 3 is 2.44 bits per heavy atom. The molecule has 0 spiro atoms. The summed E-state index contributed by atoms with van der Waals surface area (Å²) in [6, 6.07) is -2.79. The Bertz CT molecular complexity index is 889. The van der Waals surface area contributed by atoms with Gasteiger partial charge < -0.3 is 29.6 Å². The number of fused-ring (bicyclic) bond motifs is 2. The first kappa shape index (κ1) is 27.1. The van der Waals surface area contributed by atoms with Crippen LogP contribution >= 0.6 is 0 Å². The third-order valence-electron chi connectivity index (χ3n) is 5.70. The van der Waals surface area contributed by atoms with Crippen molar-refractivity contribution in [2.24, 2.45) is 5.41 Å². The Hall–Kier alpha value is -3.11. The van der Waals surface area contributed by atoms with E-state index in [4.69, 9.17) is 18.9 Å². The van der Waals surface area contributed by atoms with Gasteiger partial charge in [0.05, 0.1) is 18.9 Å². The number of allylic oxidation sites excluding steroid dienone is 2. The minimum atomic E-state index is -1.42. The van der Waals surface area contributed by atoms with Gasteiger partial charge in [-0.15, -0.1) is 0 Å². The number of carbonyl (C=O) groups is 5. The van der Waals surface area contributed by atoms with E-state index in [-0.39, 0.29) is 6.42 Å². The van der Waals surface area contributed by atoms with Gasteiger partial charge in [-0.3, -0.25) is 14.4 Å². The van der Waals surface area contributed by atoms with Crippen LogP contribution in [0.1, 0.15) is 67.2 Å². The van der Waals surface area contributed by atoms with E-state index in [0.717, 1.165) is 12.7 Å². The fourth-order valence-electron chi connectivity index (χ4n) is 3.63. The number of ether oxygens (including phenoxy) is 4. The molecule has 0 saturated carbocycles. The molecule has 1 saturated heterocycles. The highest BCUT2D eigenvalue weighted by Gasteiger charge is 2.43. The first-order valence-corrected chi connectivity index (χ1v) is 11.1. The van der Waals surface area contributed by atoms with Crippen LogP contribution < -0.4 is 10.6 Å². The predicted molar refractivity (Wildman–Crippen MR) is 118 cm³/mol. The van der Waals surface area contributed by atoms with E-state index >= 15 is 0 Å². The first-order chi connectivity index (χ1) is 15.6. The van der Waals surface area contributed by atoms with Crippen LogP contribution in [0, 0.1) is 5.41 Å². The summed E-state index contributed by atoms with van der Waals surface area (Å²) in [5, 5.41) is 4.76. The highest BCUT2D eigenvalue weighted by atomic mass is 16.6. The zero-order valence-electron chi connectivity index (χ0n) is 20.7. The van der Waals surface area contributed by atoms with Gasteiger partial charge in [0.2, 0.25) is 5.91 Å². The number of esters is 3. The maximum atomic E-state index is 13.0. The van der Waals surface area contributed by atoms with Gasteiger partial charge in [0.1, 0.15) is 23.5 Å². The lowest BCUT2D eigenvalue weighted by molar-refractivity contribution is -0.167. The van der Waals surface area contributed by atoms with E-state index in [1.54, 1.807) is 34.6 Å². The maximum absolute atomic E-state index is 13.0. The minimum Gasteiger partial charge on any atom is -0.467 e. The number of hydrogen-bond acceptors (Lipinski definition) is 9. The summed E-state index contributed by atoms with van der Waals surface area (Å²) < 4.78 is 21.0. The summed E-state index contributed by atoms with van der Waals surface area (Å²) in [5.41, 5.74) is -1.04. The van der Waals surface area contributed by atoms with Gasteiger partial charge in [0.25, 0.3) is 0 Å². The normalized spacial score (nSPS) is 28.8. The summed E-state index contributed by atoms with van der Waals surface area (Å²) in [6.07, 6.45) is -1.47. The topological polar surface area (TPSA) is 146 Å². The van der Waals surface area contributed by atoms with Crippen molar-refractivity contribution >= 4 is 29.9 Å². The quantitative estimate of drug-likeness (QED) is 0.445. The van der Waals surface area contributed by atoms with Gasteiger partial charge in [0.15, 0.2) is 6.04 Å². The van der Waals surface area contributed by atoms with Gasteiger partial charge in [-0.2, -0.15) is 0 Å². The number of amides is 2. The largest absolute Gasteiger partial charge is 0.467 e. The molecule has 1 heterocycles. The molecule has 2 amide bonds. The lowest BCUT2D eigenvalue weighted by Gasteiger charge is -2.34. The Labute approximate surface area is 198 Å². The molecular formula is C23H34N2O9. The fraction of sp³-hybridized carbons (Fsp3) is 0.696. The monoisotopic (exact) mass is 482 g/mol. The van der Waals surface area contributed by atoms with Crippen molar-refractivity contribution in [3.05, 3.63) is 11.3 Å². The van der Waals surface area contributed by atoms with Crippen LogP contribution in [-0.4, -0.2) is 60.8 Å². The molecule has 190 valence electrons. The van der Waals surface area contributed by atoms with Crippen LogP contribution in [0.15, 0.2) is 11.3 Å². The van der Waals surface area contributed by atoms with Crippen LogP contribution in [0.25, 0.3) is 0 Å². The molecule has 0 radical (unpaired) electrons. The van der Waals surface area contributed by atoms with E-state index in [9.17, 15) is 24.0 Å². The Balaban J connectivity index is 2.43. The van der Waals surface area contributed by atoms with Crippen LogP contribution in [-0.2, 0) is 38.1 Å². The van der Waals surface area contributed by atoms with Crippen molar-refractivity contribution in [2.75, 3.05) is 7.11 Å². The average molecular weight is 483 g/mol. The van der Waals surface area contributed by atoms with Crippen LogP contribution in [0.2, 0.25) is 0 Å². The molecule has 11 heteroatoms. The molecule has 0 unspecified atom stereocenters. The lowest BCUT2D eigenvalue weighted by atomic mass is 9.76. The van der Waals surface area contributed by atoms with Crippen molar-refractivity contribution in [1.29, 1.82) is 0 Å². The molecule has 0 aromatic rings. The number of cyclic esters (lactones) is 1. The Morgan fingerprint density at radius 2 is 1.85 bits per heavy atom. The third-order valence-corrected chi connectivity index (χ3v) is 5.70. The second-order valence-electron chi connectivity index (χ2n) is 9.94. The van der Waals surface area contributed by atoms with Crippen LogP contribution in [0.5, 0.6) is 0 Å². The number of rotatable bonds is 2. The molecule has 0 aromatic carbocycles. The summed E-state index contributed by atoms with van der Waals surface area (Å²) >= 11 is 0. The van der Waals surface area contributed by atoms with Gasteiger partial charge in [0, 0.05) is 6.42 Å². The fourth-order valence-corrected chi connectivity index (χ4v) is 3.63. The second kappa shape index (κ2) is 10.4. The molecule has 11 nitrogen and oxygen atoms in total. The minimum absolute atomic E-state index is 0.116.